The molecule has 10 heteroatoms. The fraction of sp³-hybridized carbons (Fsp3) is 0.320. The number of carbonyl (C=O) groups is 2. The van der Waals surface area contributed by atoms with Gasteiger partial charge in [-0.2, -0.15) is 0 Å². The average Bonchev–Trinajstić information content (AvgIpc) is 3.14. The lowest BCUT2D eigenvalue weighted by Crippen LogP contribution is -2.32. The van der Waals surface area contributed by atoms with Gasteiger partial charge in [-0.3, -0.25) is 19.0 Å². The van der Waals surface area contributed by atoms with Crippen LogP contribution in [-0.2, 0) is 18.4 Å². The molecule has 2 amide bonds. The quantitative estimate of drug-likeness (QED) is 0.442. The van der Waals surface area contributed by atoms with Crippen molar-refractivity contribution in [2.45, 2.75) is 46.7 Å². The first kappa shape index (κ1) is 23.9. The highest BCUT2D eigenvalue weighted by Crippen LogP contribution is 2.16. The van der Waals surface area contributed by atoms with Crippen LogP contribution in [0.25, 0.3) is 16.7 Å². The van der Waals surface area contributed by atoms with Crippen molar-refractivity contribution in [3.63, 3.8) is 0 Å². The molecule has 2 heterocycles. The molecule has 0 saturated carbocycles. The monoisotopic (exact) mass is 476 g/mol. The molecular formula is C25H28N6O4. The fourth-order valence-corrected chi connectivity index (χ4v) is 3.93. The van der Waals surface area contributed by atoms with Crippen molar-refractivity contribution in [3.05, 3.63) is 73.9 Å². The van der Waals surface area contributed by atoms with Crippen LogP contribution in [0.3, 0.4) is 0 Å². The SMILES string of the molecule is CCC(C)NC(=O)c1ccc2c(=O)n(C)c3nn(CC(=O)Nc4ccc(C)cc4C)c(=O)n3c2c1. The predicted molar refractivity (Wildman–Crippen MR) is 134 cm³/mol. The van der Waals surface area contributed by atoms with E-state index in [4.69, 9.17) is 0 Å². The molecule has 35 heavy (non-hydrogen) atoms. The molecule has 2 aromatic heterocycles. The predicted octanol–water partition coefficient (Wildman–Crippen LogP) is 2.13. The summed E-state index contributed by atoms with van der Waals surface area (Å²) >= 11 is 0. The number of nitrogens with zero attached hydrogens (tertiary/aromatic N) is 4. The summed E-state index contributed by atoms with van der Waals surface area (Å²) in [7, 11) is 1.51. The van der Waals surface area contributed by atoms with Crippen molar-refractivity contribution >= 4 is 34.2 Å². The number of fused-ring (bicyclic) bond motifs is 3. The van der Waals surface area contributed by atoms with E-state index in [1.54, 1.807) is 12.1 Å². The maximum absolute atomic E-state index is 13.3. The van der Waals surface area contributed by atoms with Gasteiger partial charge in [-0.25, -0.2) is 13.9 Å². The van der Waals surface area contributed by atoms with Crippen LogP contribution < -0.4 is 21.9 Å². The van der Waals surface area contributed by atoms with Gasteiger partial charge in [0.15, 0.2) is 0 Å². The van der Waals surface area contributed by atoms with Crippen molar-refractivity contribution in [2.75, 3.05) is 5.32 Å². The Morgan fingerprint density at radius 3 is 2.51 bits per heavy atom. The Morgan fingerprint density at radius 2 is 1.83 bits per heavy atom. The maximum Gasteiger partial charge on any atom is 0.352 e. The number of rotatable bonds is 6. The highest BCUT2D eigenvalue weighted by atomic mass is 16.2. The maximum atomic E-state index is 13.3. The Balaban J connectivity index is 1.76. The molecule has 0 spiro atoms. The summed E-state index contributed by atoms with van der Waals surface area (Å²) in [5, 5.41) is 10.2. The number of anilines is 1. The second-order valence-corrected chi connectivity index (χ2v) is 8.82. The summed E-state index contributed by atoms with van der Waals surface area (Å²) in [6.07, 6.45) is 0.764. The number of nitrogens with one attached hydrogen (secondary N) is 2. The molecule has 0 aliphatic rings. The second kappa shape index (κ2) is 9.21. The number of hydrogen-bond acceptors (Lipinski definition) is 5. The Bertz CT molecular complexity index is 1590. The Morgan fingerprint density at radius 1 is 1.09 bits per heavy atom. The van der Waals surface area contributed by atoms with Crippen molar-refractivity contribution < 1.29 is 9.59 Å². The smallest absolute Gasteiger partial charge is 0.350 e. The molecule has 1 unspecified atom stereocenters. The van der Waals surface area contributed by atoms with E-state index in [9.17, 15) is 19.2 Å². The third-order valence-electron chi connectivity index (χ3n) is 6.10. The highest BCUT2D eigenvalue weighted by Gasteiger charge is 2.19. The van der Waals surface area contributed by atoms with Crippen LogP contribution in [0.4, 0.5) is 5.69 Å². The van der Waals surface area contributed by atoms with Crippen LogP contribution in [0, 0.1) is 13.8 Å². The van der Waals surface area contributed by atoms with Gasteiger partial charge in [0.05, 0.1) is 10.9 Å². The average molecular weight is 477 g/mol. The van der Waals surface area contributed by atoms with Gasteiger partial charge in [-0.05, 0) is 57.0 Å². The van der Waals surface area contributed by atoms with E-state index in [0.29, 0.717) is 11.3 Å². The molecule has 182 valence electrons. The zero-order chi connectivity index (χ0) is 25.4. The number of aryl methyl sites for hydroxylation is 3. The van der Waals surface area contributed by atoms with E-state index in [2.05, 4.69) is 15.7 Å². The Kier molecular flexibility index (Phi) is 6.29. The molecule has 0 aliphatic carbocycles. The van der Waals surface area contributed by atoms with Gasteiger partial charge >= 0.3 is 5.69 Å². The van der Waals surface area contributed by atoms with Gasteiger partial charge in [-0.1, -0.05) is 24.6 Å². The van der Waals surface area contributed by atoms with Gasteiger partial charge in [0.2, 0.25) is 11.7 Å². The van der Waals surface area contributed by atoms with Gasteiger partial charge in [-0.15, -0.1) is 5.10 Å². The largest absolute Gasteiger partial charge is 0.352 e. The van der Waals surface area contributed by atoms with E-state index in [-0.39, 0.29) is 40.7 Å². The van der Waals surface area contributed by atoms with Crippen LogP contribution in [0.1, 0.15) is 41.8 Å². The van der Waals surface area contributed by atoms with E-state index in [0.717, 1.165) is 22.2 Å². The molecule has 2 N–H and O–H groups in total. The normalized spacial score (nSPS) is 12.1. The summed E-state index contributed by atoms with van der Waals surface area (Å²) in [6.45, 7) is 7.37. The lowest BCUT2D eigenvalue weighted by molar-refractivity contribution is -0.117. The first-order valence-electron chi connectivity index (χ1n) is 11.4. The molecular weight excluding hydrogens is 448 g/mol. The van der Waals surface area contributed by atoms with Gasteiger partial charge in [0.1, 0.15) is 6.54 Å². The molecule has 10 nitrogen and oxygen atoms in total. The minimum absolute atomic E-state index is 0.0250. The summed E-state index contributed by atoms with van der Waals surface area (Å²) in [5.74, 6) is -0.653. The molecule has 0 saturated heterocycles. The number of amides is 2. The van der Waals surface area contributed by atoms with Gasteiger partial charge in [0.25, 0.3) is 11.5 Å². The second-order valence-electron chi connectivity index (χ2n) is 8.82. The highest BCUT2D eigenvalue weighted by molar-refractivity contribution is 5.98. The number of hydrogen-bond donors (Lipinski definition) is 2. The zero-order valence-corrected chi connectivity index (χ0v) is 20.4. The standard InChI is InChI=1S/C25H28N6O4/c1-6-16(4)26-22(33)17-8-9-18-20(12-17)31-24(29(5)23(18)34)28-30(25(31)35)13-21(32)27-19-10-7-14(2)11-15(19)3/h7-12,16H,6,13H2,1-5H3,(H,26,33)(H,27,32). The van der Waals surface area contributed by atoms with Crippen molar-refractivity contribution in [1.29, 1.82) is 0 Å². The van der Waals surface area contributed by atoms with Crippen LogP contribution in [0.2, 0.25) is 0 Å². The van der Waals surface area contributed by atoms with Crippen molar-refractivity contribution in [3.8, 4) is 0 Å². The molecule has 0 fully saturated rings. The van der Waals surface area contributed by atoms with E-state index in [1.807, 2.05) is 39.8 Å². The molecule has 4 aromatic rings. The molecule has 1 atom stereocenters. The number of aromatic nitrogens is 4. The topological polar surface area (TPSA) is 120 Å². The van der Waals surface area contributed by atoms with Crippen LogP contribution in [0.15, 0.2) is 46.0 Å². The lowest BCUT2D eigenvalue weighted by Gasteiger charge is -2.12. The Labute approximate surface area is 201 Å². The minimum Gasteiger partial charge on any atom is -0.350 e. The van der Waals surface area contributed by atoms with Crippen LogP contribution in [-0.4, -0.2) is 36.6 Å². The number of carbonyl (C=O) groups excluding carboxylic acids is 2. The third-order valence-corrected chi connectivity index (χ3v) is 6.10. The number of benzene rings is 2. The Hall–Kier alpha value is -4.21. The molecule has 4 rings (SSSR count). The van der Waals surface area contributed by atoms with Gasteiger partial charge in [0, 0.05) is 24.3 Å². The zero-order valence-electron chi connectivity index (χ0n) is 20.4. The first-order valence-corrected chi connectivity index (χ1v) is 11.4. The van der Waals surface area contributed by atoms with Crippen molar-refractivity contribution in [1.82, 2.24) is 24.1 Å². The summed E-state index contributed by atoms with van der Waals surface area (Å²) in [4.78, 5) is 51.5. The molecule has 2 aromatic carbocycles. The van der Waals surface area contributed by atoms with E-state index >= 15 is 0 Å². The first-order chi connectivity index (χ1) is 16.6. The molecule has 0 aliphatic heterocycles. The summed E-state index contributed by atoms with van der Waals surface area (Å²) < 4.78 is 3.52. The fourth-order valence-electron chi connectivity index (χ4n) is 3.93. The molecule has 0 radical (unpaired) electrons. The third kappa shape index (κ3) is 4.46. The lowest BCUT2D eigenvalue weighted by atomic mass is 10.1. The minimum atomic E-state index is -0.587. The van der Waals surface area contributed by atoms with E-state index < -0.39 is 11.6 Å². The molecule has 0 bridgehead atoms. The van der Waals surface area contributed by atoms with Crippen LogP contribution >= 0.6 is 0 Å². The van der Waals surface area contributed by atoms with Crippen molar-refractivity contribution in [2.24, 2.45) is 7.05 Å². The summed E-state index contributed by atoms with van der Waals surface area (Å²) in [6, 6.07) is 10.2. The van der Waals surface area contributed by atoms with Crippen LogP contribution in [0.5, 0.6) is 0 Å². The van der Waals surface area contributed by atoms with Gasteiger partial charge < -0.3 is 10.6 Å². The van der Waals surface area contributed by atoms with E-state index in [1.165, 1.54) is 28.1 Å². The summed E-state index contributed by atoms with van der Waals surface area (Å²) in [5.41, 5.74) is 2.24.